The van der Waals surface area contributed by atoms with E-state index in [1.54, 1.807) is 30.3 Å². The van der Waals surface area contributed by atoms with Crippen molar-refractivity contribution in [3.63, 3.8) is 0 Å². The van der Waals surface area contributed by atoms with Crippen LogP contribution in [0.2, 0.25) is 0 Å². The highest BCUT2D eigenvalue weighted by Gasteiger charge is 2.32. The molecule has 1 atom stereocenters. The first kappa shape index (κ1) is 16.7. The number of carboxylic acid groups (broad SMARTS) is 1. The highest BCUT2D eigenvalue weighted by atomic mass is 32.2. The second-order valence-electron chi connectivity index (χ2n) is 4.43. The minimum absolute atomic E-state index is 0.00680. The maximum Gasteiger partial charge on any atom is 0.322 e. The SMILES string of the molecule is CCOCCCS(=O)(=O)C(Cc1ccccc1)C(=O)O. The third kappa shape index (κ3) is 5.30. The van der Waals surface area contributed by atoms with Crippen LogP contribution in [0.15, 0.2) is 30.3 Å². The molecule has 0 radical (unpaired) electrons. The van der Waals surface area contributed by atoms with E-state index in [0.29, 0.717) is 25.2 Å². The Balaban J connectivity index is 2.72. The smallest absolute Gasteiger partial charge is 0.322 e. The van der Waals surface area contributed by atoms with Gasteiger partial charge in [-0.3, -0.25) is 4.79 Å². The first-order chi connectivity index (χ1) is 9.47. The van der Waals surface area contributed by atoms with Crippen LogP contribution in [0, 0.1) is 0 Å². The zero-order valence-corrected chi connectivity index (χ0v) is 12.3. The van der Waals surface area contributed by atoms with Crippen molar-refractivity contribution in [2.45, 2.75) is 25.0 Å². The minimum atomic E-state index is -3.68. The van der Waals surface area contributed by atoms with Gasteiger partial charge in [0.2, 0.25) is 0 Å². The van der Waals surface area contributed by atoms with Gasteiger partial charge in [-0.1, -0.05) is 30.3 Å². The lowest BCUT2D eigenvalue weighted by molar-refractivity contribution is -0.136. The second kappa shape index (κ2) is 8.01. The molecule has 112 valence electrons. The molecule has 1 N–H and O–H groups in total. The number of rotatable bonds is 9. The lowest BCUT2D eigenvalue weighted by Gasteiger charge is -2.13. The summed E-state index contributed by atoms with van der Waals surface area (Å²) < 4.78 is 29.3. The molecule has 5 nitrogen and oxygen atoms in total. The van der Waals surface area contributed by atoms with Crippen molar-refractivity contribution >= 4 is 15.8 Å². The maximum absolute atomic E-state index is 12.1. The van der Waals surface area contributed by atoms with Crippen LogP contribution in [0.25, 0.3) is 0 Å². The number of aliphatic carboxylic acids is 1. The summed E-state index contributed by atoms with van der Waals surface area (Å²) in [4.78, 5) is 11.2. The van der Waals surface area contributed by atoms with Crippen LogP contribution < -0.4 is 0 Å². The van der Waals surface area contributed by atoms with Crippen LogP contribution >= 0.6 is 0 Å². The Morgan fingerprint density at radius 3 is 2.50 bits per heavy atom. The highest BCUT2D eigenvalue weighted by Crippen LogP contribution is 2.13. The van der Waals surface area contributed by atoms with E-state index in [4.69, 9.17) is 9.84 Å². The minimum Gasteiger partial charge on any atom is -0.480 e. The summed E-state index contributed by atoms with van der Waals surface area (Å²) in [5.74, 6) is -1.47. The molecule has 0 saturated heterocycles. The topological polar surface area (TPSA) is 80.7 Å². The van der Waals surface area contributed by atoms with E-state index >= 15 is 0 Å². The van der Waals surface area contributed by atoms with Crippen LogP contribution in [-0.2, 0) is 25.8 Å². The monoisotopic (exact) mass is 300 g/mol. The van der Waals surface area contributed by atoms with Crippen molar-refractivity contribution < 1.29 is 23.1 Å². The lowest BCUT2D eigenvalue weighted by Crippen LogP contribution is -2.34. The fourth-order valence-electron chi connectivity index (χ4n) is 1.84. The van der Waals surface area contributed by atoms with Gasteiger partial charge in [-0.15, -0.1) is 0 Å². The molecule has 0 bridgehead atoms. The molecular formula is C14H20O5S. The van der Waals surface area contributed by atoms with E-state index in [9.17, 15) is 13.2 Å². The van der Waals surface area contributed by atoms with E-state index < -0.39 is 21.1 Å². The number of hydrogen-bond donors (Lipinski definition) is 1. The Kier molecular flexibility index (Phi) is 6.67. The van der Waals surface area contributed by atoms with Crippen molar-refractivity contribution in [1.29, 1.82) is 0 Å². The van der Waals surface area contributed by atoms with Crippen molar-refractivity contribution in [1.82, 2.24) is 0 Å². The molecule has 0 aliphatic heterocycles. The largest absolute Gasteiger partial charge is 0.480 e. The third-order valence-corrected chi connectivity index (χ3v) is 4.99. The van der Waals surface area contributed by atoms with E-state index in [-0.39, 0.29) is 12.2 Å². The average molecular weight is 300 g/mol. The fraction of sp³-hybridized carbons (Fsp3) is 0.500. The molecule has 0 aliphatic rings. The quantitative estimate of drug-likeness (QED) is 0.699. The van der Waals surface area contributed by atoms with Gasteiger partial charge in [0.25, 0.3) is 0 Å². The number of sulfone groups is 1. The average Bonchev–Trinajstić information content (AvgIpc) is 2.42. The lowest BCUT2D eigenvalue weighted by atomic mass is 10.1. The summed E-state index contributed by atoms with van der Waals surface area (Å²) >= 11 is 0. The van der Waals surface area contributed by atoms with Gasteiger partial charge >= 0.3 is 5.97 Å². The van der Waals surface area contributed by atoms with Crippen LogP contribution in [0.5, 0.6) is 0 Å². The zero-order chi connectivity index (χ0) is 15.0. The predicted octanol–water partition coefficient (Wildman–Crippen LogP) is 1.52. The highest BCUT2D eigenvalue weighted by molar-refractivity contribution is 7.92. The van der Waals surface area contributed by atoms with Crippen LogP contribution in [0.3, 0.4) is 0 Å². The molecule has 0 saturated carbocycles. The van der Waals surface area contributed by atoms with Crippen molar-refractivity contribution in [2.24, 2.45) is 0 Å². The standard InChI is InChI=1S/C14H20O5S/c1-2-19-9-6-10-20(17,18)13(14(15)16)11-12-7-4-3-5-8-12/h3-5,7-8,13H,2,6,9-11H2,1H3,(H,15,16). The fourth-order valence-corrected chi connectivity index (χ4v) is 3.40. The Morgan fingerprint density at radius 1 is 1.30 bits per heavy atom. The summed E-state index contributed by atoms with van der Waals surface area (Å²) in [5.41, 5.74) is 0.702. The molecule has 0 spiro atoms. The molecule has 1 aromatic rings. The predicted molar refractivity (Wildman–Crippen MR) is 76.5 cm³/mol. The Bertz CT molecular complexity index is 510. The first-order valence-corrected chi connectivity index (χ1v) is 8.25. The summed E-state index contributed by atoms with van der Waals surface area (Å²) in [6.45, 7) is 2.67. The molecular weight excluding hydrogens is 280 g/mol. The Hall–Kier alpha value is -1.40. The summed E-state index contributed by atoms with van der Waals surface area (Å²) in [5, 5.41) is 7.77. The maximum atomic E-state index is 12.1. The Labute approximate surface area is 119 Å². The number of hydrogen-bond acceptors (Lipinski definition) is 4. The number of benzene rings is 1. The second-order valence-corrected chi connectivity index (χ2v) is 6.74. The number of carboxylic acids is 1. The molecule has 1 unspecified atom stereocenters. The van der Waals surface area contributed by atoms with E-state index in [0.717, 1.165) is 0 Å². The summed E-state index contributed by atoms with van der Waals surface area (Å²) in [6.07, 6.45) is 0.307. The summed E-state index contributed by atoms with van der Waals surface area (Å²) in [7, 11) is -3.68. The first-order valence-electron chi connectivity index (χ1n) is 6.53. The molecule has 0 aromatic heterocycles. The molecule has 1 aromatic carbocycles. The molecule has 20 heavy (non-hydrogen) atoms. The Morgan fingerprint density at radius 2 is 1.95 bits per heavy atom. The molecule has 0 amide bonds. The van der Waals surface area contributed by atoms with Gasteiger partial charge in [-0.25, -0.2) is 8.42 Å². The van der Waals surface area contributed by atoms with E-state index in [1.807, 2.05) is 6.92 Å². The molecule has 0 aliphatic carbocycles. The number of ether oxygens (including phenoxy) is 1. The van der Waals surface area contributed by atoms with Gasteiger partial charge < -0.3 is 9.84 Å². The van der Waals surface area contributed by atoms with Crippen LogP contribution in [0.4, 0.5) is 0 Å². The van der Waals surface area contributed by atoms with Crippen molar-refractivity contribution in [3.05, 3.63) is 35.9 Å². The van der Waals surface area contributed by atoms with Gasteiger partial charge in [0.05, 0.1) is 5.75 Å². The van der Waals surface area contributed by atoms with E-state index in [1.165, 1.54) is 0 Å². The van der Waals surface area contributed by atoms with E-state index in [2.05, 4.69) is 0 Å². The van der Waals surface area contributed by atoms with Gasteiger partial charge in [0.1, 0.15) is 0 Å². The van der Waals surface area contributed by atoms with Crippen molar-refractivity contribution in [3.8, 4) is 0 Å². The van der Waals surface area contributed by atoms with Gasteiger partial charge in [-0.05, 0) is 25.3 Å². The molecule has 1 rings (SSSR count). The molecule has 0 heterocycles. The third-order valence-electron chi connectivity index (χ3n) is 2.89. The van der Waals surface area contributed by atoms with Crippen LogP contribution in [0.1, 0.15) is 18.9 Å². The van der Waals surface area contributed by atoms with Gasteiger partial charge in [0, 0.05) is 13.2 Å². The summed E-state index contributed by atoms with van der Waals surface area (Å²) in [6, 6.07) is 8.78. The molecule has 6 heteroatoms. The zero-order valence-electron chi connectivity index (χ0n) is 11.5. The molecule has 0 fully saturated rings. The van der Waals surface area contributed by atoms with Crippen LogP contribution in [-0.4, -0.2) is 43.7 Å². The van der Waals surface area contributed by atoms with Gasteiger partial charge in [0.15, 0.2) is 15.1 Å². The normalized spacial score (nSPS) is 13.1. The van der Waals surface area contributed by atoms with Gasteiger partial charge in [-0.2, -0.15) is 0 Å². The number of carbonyl (C=O) groups is 1. The van der Waals surface area contributed by atoms with Crippen molar-refractivity contribution in [2.75, 3.05) is 19.0 Å².